The van der Waals surface area contributed by atoms with Crippen LogP contribution >= 0.6 is 0 Å². The van der Waals surface area contributed by atoms with Crippen molar-refractivity contribution in [2.24, 2.45) is 0 Å². The van der Waals surface area contributed by atoms with Crippen molar-refractivity contribution < 1.29 is 14.3 Å². The molecule has 150 valence electrons. The Bertz CT molecular complexity index is 992. The maximum absolute atomic E-state index is 12.8. The molecule has 0 bridgehead atoms. The van der Waals surface area contributed by atoms with Crippen molar-refractivity contribution >= 4 is 11.6 Å². The molecular formula is C23H25N3O3. The number of carbonyl (C=O) groups is 1. The lowest BCUT2D eigenvalue weighted by molar-refractivity contribution is 0.102. The van der Waals surface area contributed by atoms with Gasteiger partial charge in [-0.15, -0.1) is 0 Å². The lowest BCUT2D eigenvalue weighted by Crippen LogP contribution is -2.14. The topological polar surface area (TPSA) is 65.4 Å². The van der Waals surface area contributed by atoms with Crippen molar-refractivity contribution in [3.8, 4) is 17.2 Å². The number of rotatable bonds is 6. The quantitative estimate of drug-likeness (QED) is 0.658. The van der Waals surface area contributed by atoms with Gasteiger partial charge in [0.1, 0.15) is 0 Å². The van der Waals surface area contributed by atoms with Crippen LogP contribution in [-0.4, -0.2) is 28.9 Å². The van der Waals surface area contributed by atoms with Gasteiger partial charge in [-0.2, -0.15) is 5.10 Å². The van der Waals surface area contributed by atoms with Crippen molar-refractivity contribution in [3.05, 3.63) is 66.0 Å². The van der Waals surface area contributed by atoms with Gasteiger partial charge in [-0.1, -0.05) is 18.2 Å². The third kappa shape index (κ3) is 4.26. The van der Waals surface area contributed by atoms with Crippen LogP contribution in [0.3, 0.4) is 0 Å². The number of nitrogens with zero attached hydrogens (tertiary/aromatic N) is 2. The van der Waals surface area contributed by atoms with E-state index in [-0.39, 0.29) is 12.0 Å². The first kappa shape index (κ1) is 19.1. The number of hydrogen-bond acceptors (Lipinski definition) is 4. The molecule has 6 nitrogen and oxygen atoms in total. The predicted molar refractivity (Wildman–Crippen MR) is 112 cm³/mol. The minimum Gasteiger partial charge on any atom is -0.493 e. The van der Waals surface area contributed by atoms with Gasteiger partial charge in [-0.3, -0.25) is 4.79 Å². The molecule has 0 unspecified atom stereocenters. The lowest BCUT2D eigenvalue weighted by atomic mass is 10.2. The van der Waals surface area contributed by atoms with E-state index in [0.717, 1.165) is 24.2 Å². The average Bonchev–Trinajstić information content (AvgIpc) is 3.38. The van der Waals surface area contributed by atoms with E-state index >= 15 is 0 Å². The molecule has 1 aliphatic carbocycles. The highest BCUT2D eigenvalue weighted by Gasteiger charge is 2.19. The second kappa shape index (κ2) is 8.39. The fourth-order valence-corrected chi connectivity index (χ4v) is 3.64. The molecule has 29 heavy (non-hydrogen) atoms. The molecule has 6 heteroatoms. The number of carbonyl (C=O) groups excluding carboxylic acids is 1. The smallest absolute Gasteiger partial charge is 0.276 e. The number of methoxy groups -OCH3 is 1. The molecule has 0 spiro atoms. The van der Waals surface area contributed by atoms with Gasteiger partial charge in [0.25, 0.3) is 5.91 Å². The molecule has 3 aromatic rings. The van der Waals surface area contributed by atoms with Crippen LogP contribution in [0.25, 0.3) is 5.69 Å². The molecule has 1 aliphatic rings. The van der Waals surface area contributed by atoms with Crippen LogP contribution < -0.4 is 14.8 Å². The number of nitrogens with one attached hydrogen (secondary N) is 1. The second-order valence-electron chi connectivity index (χ2n) is 7.26. The molecule has 0 atom stereocenters. The summed E-state index contributed by atoms with van der Waals surface area (Å²) in [6.45, 7) is 1.93. The molecule has 0 saturated heterocycles. The van der Waals surface area contributed by atoms with Gasteiger partial charge in [0.15, 0.2) is 17.2 Å². The van der Waals surface area contributed by atoms with E-state index in [0.29, 0.717) is 22.9 Å². The van der Waals surface area contributed by atoms with Gasteiger partial charge in [-0.25, -0.2) is 4.68 Å². The fourth-order valence-electron chi connectivity index (χ4n) is 3.64. The molecule has 1 saturated carbocycles. The van der Waals surface area contributed by atoms with Gasteiger partial charge < -0.3 is 14.8 Å². The van der Waals surface area contributed by atoms with Crippen molar-refractivity contribution in [1.82, 2.24) is 9.78 Å². The number of amides is 1. The summed E-state index contributed by atoms with van der Waals surface area (Å²) in [5.74, 6) is 1.06. The Hall–Kier alpha value is -3.28. The van der Waals surface area contributed by atoms with Crippen LogP contribution in [-0.2, 0) is 0 Å². The maximum atomic E-state index is 12.8. The number of para-hydroxylation sites is 1. The SMILES string of the molecule is COc1ccc(NC(=O)c2cc(C)n(-c3ccccc3)n2)cc1OC1CCCC1. The van der Waals surface area contributed by atoms with Gasteiger partial charge in [0.2, 0.25) is 0 Å². The number of anilines is 1. The average molecular weight is 391 g/mol. The van der Waals surface area contributed by atoms with E-state index in [1.165, 1.54) is 12.8 Å². The molecule has 0 aliphatic heterocycles. The standard InChI is InChI=1S/C23H25N3O3/c1-16-14-20(25-26(16)18-8-4-3-5-9-18)23(27)24-17-12-13-21(28-2)22(15-17)29-19-10-6-7-11-19/h3-5,8-9,12-15,19H,6-7,10-11H2,1-2H3,(H,24,27). The molecule has 1 N–H and O–H groups in total. The second-order valence-corrected chi connectivity index (χ2v) is 7.26. The van der Waals surface area contributed by atoms with Crippen LogP contribution in [0.5, 0.6) is 11.5 Å². The zero-order chi connectivity index (χ0) is 20.2. The molecule has 4 rings (SSSR count). The van der Waals surface area contributed by atoms with Crippen molar-refractivity contribution in [2.75, 3.05) is 12.4 Å². The molecule has 0 radical (unpaired) electrons. The highest BCUT2D eigenvalue weighted by Crippen LogP contribution is 2.34. The molecule has 1 aromatic heterocycles. The van der Waals surface area contributed by atoms with E-state index in [4.69, 9.17) is 9.47 Å². The number of aryl methyl sites for hydroxylation is 1. The number of aromatic nitrogens is 2. The van der Waals surface area contributed by atoms with E-state index in [1.54, 1.807) is 23.9 Å². The zero-order valence-electron chi connectivity index (χ0n) is 16.7. The fraction of sp³-hybridized carbons (Fsp3) is 0.304. The minimum atomic E-state index is -0.264. The van der Waals surface area contributed by atoms with Crippen LogP contribution in [0.4, 0.5) is 5.69 Å². The van der Waals surface area contributed by atoms with Crippen molar-refractivity contribution in [2.45, 2.75) is 38.7 Å². The Kier molecular flexibility index (Phi) is 5.51. The summed E-state index contributed by atoms with van der Waals surface area (Å²) in [4.78, 5) is 12.8. The Labute approximate surface area is 170 Å². The Morgan fingerprint density at radius 1 is 1.07 bits per heavy atom. The highest BCUT2D eigenvalue weighted by molar-refractivity contribution is 6.03. The first-order valence-electron chi connectivity index (χ1n) is 9.92. The van der Waals surface area contributed by atoms with Crippen LogP contribution in [0.2, 0.25) is 0 Å². The largest absolute Gasteiger partial charge is 0.493 e. The normalized spacial score (nSPS) is 14.0. The highest BCUT2D eigenvalue weighted by atomic mass is 16.5. The summed E-state index contributed by atoms with van der Waals surface area (Å²) in [5.41, 5.74) is 2.82. The predicted octanol–water partition coefficient (Wildman–Crippen LogP) is 4.76. The molecule has 1 amide bonds. The van der Waals surface area contributed by atoms with Gasteiger partial charge in [-0.05, 0) is 62.9 Å². The lowest BCUT2D eigenvalue weighted by Gasteiger charge is -2.17. The number of benzene rings is 2. The Morgan fingerprint density at radius 3 is 2.55 bits per heavy atom. The van der Waals surface area contributed by atoms with Gasteiger partial charge in [0, 0.05) is 17.4 Å². The molecule has 1 fully saturated rings. The summed E-state index contributed by atoms with van der Waals surface area (Å²) >= 11 is 0. The third-order valence-electron chi connectivity index (χ3n) is 5.14. The minimum absolute atomic E-state index is 0.207. The third-order valence-corrected chi connectivity index (χ3v) is 5.14. The summed E-state index contributed by atoms with van der Waals surface area (Å²) < 4.78 is 13.3. The number of ether oxygens (including phenoxy) is 2. The van der Waals surface area contributed by atoms with Crippen LogP contribution in [0.15, 0.2) is 54.6 Å². The first-order chi connectivity index (χ1) is 14.1. The Morgan fingerprint density at radius 2 is 1.83 bits per heavy atom. The van der Waals surface area contributed by atoms with Crippen molar-refractivity contribution in [3.63, 3.8) is 0 Å². The monoisotopic (exact) mass is 391 g/mol. The summed E-state index contributed by atoms with van der Waals surface area (Å²) in [6, 6.07) is 17.0. The van der Waals surface area contributed by atoms with Crippen LogP contribution in [0.1, 0.15) is 41.9 Å². The van der Waals surface area contributed by atoms with E-state index < -0.39 is 0 Å². The van der Waals surface area contributed by atoms with Gasteiger partial charge in [0.05, 0.1) is 18.9 Å². The van der Waals surface area contributed by atoms with Gasteiger partial charge >= 0.3 is 0 Å². The summed E-state index contributed by atoms with van der Waals surface area (Å²) in [5, 5.41) is 7.38. The zero-order valence-corrected chi connectivity index (χ0v) is 16.7. The maximum Gasteiger partial charge on any atom is 0.276 e. The molecule has 1 heterocycles. The summed E-state index contributed by atoms with van der Waals surface area (Å²) in [6.07, 6.45) is 4.69. The summed E-state index contributed by atoms with van der Waals surface area (Å²) in [7, 11) is 1.62. The van der Waals surface area contributed by atoms with E-state index in [1.807, 2.05) is 49.4 Å². The first-order valence-corrected chi connectivity index (χ1v) is 9.92. The van der Waals surface area contributed by atoms with E-state index in [2.05, 4.69) is 10.4 Å². The molecule has 2 aromatic carbocycles. The molecular weight excluding hydrogens is 366 g/mol. The van der Waals surface area contributed by atoms with Crippen LogP contribution in [0, 0.1) is 6.92 Å². The Balaban J connectivity index is 1.52. The van der Waals surface area contributed by atoms with E-state index in [9.17, 15) is 4.79 Å². The number of hydrogen-bond donors (Lipinski definition) is 1. The van der Waals surface area contributed by atoms with Crippen molar-refractivity contribution in [1.29, 1.82) is 0 Å².